The minimum atomic E-state index is -0.504. The highest BCUT2D eigenvalue weighted by Crippen LogP contribution is 2.30. The van der Waals surface area contributed by atoms with Gasteiger partial charge in [0.1, 0.15) is 11.5 Å². The zero-order chi connectivity index (χ0) is 34.6. The molecule has 3 N–H and O–H groups in total. The number of likely N-dealkylation sites (N-methyl/N-ethyl adjacent to an activating group) is 1. The lowest BCUT2D eigenvalue weighted by Crippen LogP contribution is -2.48. The van der Waals surface area contributed by atoms with E-state index in [1.807, 2.05) is 13.8 Å². The summed E-state index contributed by atoms with van der Waals surface area (Å²) in [7, 11) is 3.31. The van der Waals surface area contributed by atoms with Crippen molar-refractivity contribution in [1.29, 1.82) is 0 Å². The van der Waals surface area contributed by atoms with Gasteiger partial charge in [-0.2, -0.15) is 0 Å². The zero-order valence-electron chi connectivity index (χ0n) is 29.2. The van der Waals surface area contributed by atoms with Gasteiger partial charge in [0.05, 0.1) is 37.5 Å². The summed E-state index contributed by atoms with van der Waals surface area (Å²) in [5.74, 6) is 0.598. The number of hydrogen-bond donors (Lipinski definition) is 3. The predicted octanol–water partition coefficient (Wildman–Crippen LogP) is 6.17. The fourth-order valence-corrected chi connectivity index (χ4v) is 6.32. The predicted molar refractivity (Wildman–Crippen MR) is 187 cm³/mol. The maximum absolute atomic E-state index is 14.4. The van der Waals surface area contributed by atoms with Crippen molar-refractivity contribution < 1.29 is 33.7 Å². The van der Waals surface area contributed by atoms with Crippen LogP contribution in [0.25, 0.3) is 0 Å². The molecule has 0 spiro atoms. The number of ether oxygens (including phenoxy) is 3. The number of benzene rings is 2. The van der Waals surface area contributed by atoms with Gasteiger partial charge < -0.3 is 39.8 Å². The molecule has 4 rings (SSSR count). The van der Waals surface area contributed by atoms with E-state index in [1.165, 1.54) is 0 Å². The number of nitrogens with zero attached hydrogens (tertiary/aromatic N) is 2. The first-order chi connectivity index (χ1) is 23.1. The lowest BCUT2D eigenvalue weighted by atomic mass is 9.88. The van der Waals surface area contributed by atoms with Crippen LogP contribution in [-0.2, 0) is 9.53 Å². The number of urea groups is 1. The molecule has 11 nitrogen and oxygen atoms in total. The number of methoxy groups -OCH3 is 1. The van der Waals surface area contributed by atoms with Gasteiger partial charge in [-0.1, -0.05) is 26.2 Å². The van der Waals surface area contributed by atoms with Gasteiger partial charge in [0, 0.05) is 50.0 Å². The number of amides is 4. The molecule has 1 saturated carbocycles. The van der Waals surface area contributed by atoms with Gasteiger partial charge >= 0.3 is 6.03 Å². The molecule has 48 heavy (non-hydrogen) atoms. The number of rotatable bonds is 8. The monoisotopic (exact) mass is 666 g/mol. The van der Waals surface area contributed by atoms with E-state index in [9.17, 15) is 19.5 Å². The summed E-state index contributed by atoms with van der Waals surface area (Å²) in [6.07, 6.45) is 6.90. The standard InChI is InChI=1S/C37H54N4O7/c1-25-22-41(26(2)24-42)36(44)32-21-30(38-35(43)28-12-7-6-8-13-28)16-19-33(32)48-27(3)11-9-10-20-47-34(25)23-40(4)37(45)39-29-14-17-31(46-5)18-15-29/h14-19,21,25-28,34,42H,6-13,20,22-24H2,1-5H3,(H,38,43)(H,39,45)/t25-,26+,27+,34-/m1/s1. The first-order valence-electron chi connectivity index (χ1n) is 17.4. The number of aliphatic hydroxyl groups is 1. The van der Waals surface area contributed by atoms with Crippen molar-refractivity contribution in [1.82, 2.24) is 9.80 Å². The molecular weight excluding hydrogens is 612 g/mol. The van der Waals surface area contributed by atoms with Crippen LogP contribution < -0.4 is 20.1 Å². The average molecular weight is 667 g/mol. The molecule has 2 aromatic rings. The van der Waals surface area contributed by atoms with Gasteiger partial charge in [0.15, 0.2) is 0 Å². The number of aliphatic hydroxyl groups excluding tert-OH is 1. The van der Waals surface area contributed by atoms with E-state index in [-0.39, 0.29) is 55.0 Å². The molecule has 2 aromatic carbocycles. The van der Waals surface area contributed by atoms with Crippen molar-refractivity contribution in [2.75, 3.05) is 51.1 Å². The Morgan fingerprint density at radius 1 is 1.00 bits per heavy atom. The van der Waals surface area contributed by atoms with Crippen LogP contribution in [0.15, 0.2) is 42.5 Å². The summed E-state index contributed by atoms with van der Waals surface area (Å²) < 4.78 is 17.9. The van der Waals surface area contributed by atoms with Gasteiger partial charge in [-0.25, -0.2) is 4.79 Å². The molecule has 0 bridgehead atoms. The Morgan fingerprint density at radius 2 is 1.69 bits per heavy atom. The molecule has 11 heteroatoms. The molecule has 264 valence electrons. The Balaban J connectivity index is 1.56. The van der Waals surface area contributed by atoms with Crippen molar-refractivity contribution >= 4 is 29.2 Å². The molecule has 1 fully saturated rings. The van der Waals surface area contributed by atoms with Crippen LogP contribution in [-0.4, -0.2) is 91.5 Å². The number of fused-ring (bicyclic) bond motifs is 1. The molecule has 4 amide bonds. The Bertz CT molecular complexity index is 1350. The van der Waals surface area contributed by atoms with E-state index in [0.29, 0.717) is 41.6 Å². The van der Waals surface area contributed by atoms with Gasteiger partial charge in [0.25, 0.3) is 5.91 Å². The third kappa shape index (κ3) is 10.3. The van der Waals surface area contributed by atoms with E-state index in [1.54, 1.807) is 73.3 Å². The van der Waals surface area contributed by atoms with Gasteiger partial charge in [-0.3, -0.25) is 9.59 Å². The molecule has 4 atom stereocenters. The van der Waals surface area contributed by atoms with Crippen LogP contribution in [0.2, 0.25) is 0 Å². The first-order valence-corrected chi connectivity index (χ1v) is 17.4. The quantitative estimate of drug-likeness (QED) is 0.307. The van der Waals surface area contributed by atoms with E-state index < -0.39 is 6.04 Å². The van der Waals surface area contributed by atoms with Crippen LogP contribution in [0.4, 0.5) is 16.2 Å². The topological polar surface area (TPSA) is 130 Å². The van der Waals surface area contributed by atoms with E-state index in [4.69, 9.17) is 14.2 Å². The van der Waals surface area contributed by atoms with Gasteiger partial charge in [0.2, 0.25) is 5.91 Å². The highest BCUT2D eigenvalue weighted by atomic mass is 16.5. The van der Waals surface area contributed by atoms with Crippen LogP contribution in [0.1, 0.15) is 82.5 Å². The fourth-order valence-electron chi connectivity index (χ4n) is 6.32. The second-order valence-electron chi connectivity index (χ2n) is 13.4. The maximum Gasteiger partial charge on any atom is 0.321 e. The van der Waals surface area contributed by atoms with Crippen molar-refractivity contribution in [3.63, 3.8) is 0 Å². The van der Waals surface area contributed by atoms with E-state index >= 15 is 0 Å². The Labute approximate surface area is 285 Å². The average Bonchev–Trinajstić information content (AvgIpc) is 3.10. The number of carbonyl (C=O) groups excluding carboxylic acids is 3. The minimum absolute atomic E-state index is 0.0216. The minimum Gasteiger partial charge on any atom is -0.497 e. The van der Waals surface area contributed by atoms with E-state index in [0.717, 1.165) is 51.4 Å². The Hall–Kier alpha value is -3.83. The maximum atomic E-state index is 14.4. The molecule has 1 aliphatic carbocycles. The SMILES string of the molecule is COc1ccc(NC(=O)N(C)C[C@H]2OCCCC[C@H](C)Oc3ccc(NC(=O)C4CCCCC4)cc3C(=O)N([C@@H](C)CO)C[C@H]2C)cc1. The molecule has 0 radical (unpaired) electrons. The van der Waals surface area contributed by atoms with Crippen molar-refractivity contribution in [3.05, 3.63) is 48.0 Å². The summed E-state index contributed by atoms with van der Waals surface area (Å²) >= 11 is 0. The highest BCUT2D eigenvalue weighted by molar-refractivity contribution is 6.00. The summed E-state index contributed by atoms with van der Waals surface area (Å²) in [5, 5.41) is 16.2. The van der Waals surface area contributed by atoms with Crippen molar-refractivity contribution in [2.45, 2.75) is 90.4 Å². The molecule has 1 aliphatic heterocycles. The molecule has 1 heterocycles. The molecule has 0 aromatic heterocycles. The zero-order valence-corrected chi connectivity index (χ0v) is 29.2. The lowest BCUT2D eigenvalue weighted by Gasteiger charge is -2.35. The summed E-state index contributed by atoms with van der Waals surface area (Å²) in [5.41, 5.74) is 1.53. The number of carbonyl (C=O) groups is 3. The number of anilines is 2. The molecule has 2 aliphatic rings. The highest BCUT2D eigenvalue weighted by Gasteiger charge is 2.31. The van der Waals surface area contributed by atoms with Gasteiger partial charge in [-0.05, 0) is 88.4 Å². The summed E-state index contributed by atoms with van der Waals surface area (Å²) in [6, 6.07) is 11.6. The Morgan fingerprint density at radius 3 is 2.38 bits per heavy atom. The second kappa shape index (κ2) is 18.1. The van der Waals surface area contributed by atoms with E-state index in [2.05, 4.69) is 10.6 Å². The van der Waals surface area contributed by atoms with Crippen molar-refractivity contribution in [2.24, 2.45) is 11.8 Å². The summed E-state index contributed by atoms with van der Waals surface area (Å²) in [4.78, 5) is 43.8. The van der Waals surface area contributed by atoms with Crippen LogP contribution in [0, 0.1) is 11.8 Å². The number of nitrogens with one attached hydrogen (secondary N) is 2. The fraction of sp³-hybridized carbons (Fsp3) is 0.595. The Kier molecular flexibility index (Phi) is 13.9. The molecule has 0 saturated heterocycles. The third-order valence-electron chi connectivity index (χ3n) is 9.44. The van der Waals surface area contributed by atoms with Crippen LogP contribution in [0.5, 0.6) is 11.5 Å². The van der Waals surface area contributed by atoms with Gasteiger partial charge in [-0.15, -0.1) is 0 Å². The molecule has 0 unspecified atom stereocenters. The second-order valence-corrected chi connectivity index (χ2v) is 13.4. The lowest BCUT2D eigenvalue weighted by molar-refractivity contribution is -0.120. The normalized spacial score (nSPS) is 22.0. The van der Waals surface area contributed by atoms with Crippen molar-refractivity contribution in [3.8, 4) is 11.5 Å². The third-order valence-corrected chi connectivity index (χ3v) is 9.44. The largest absolute Gasteiger partial charge is 0.497 e. The first kappa shape index (κ1) is 37.0. The molecular formula is C37H54N4O7. The number of hydrogen-bond acceptors (Lipinski definition) is 7. The summed E-state index contributed by atoms with van der Waals surface area (Å²) in [6.45, 7) is 6.61. The van der Waals surface area contributed by atoms with Crippen LogP contribution >= 0.6 is 0 Å². The smallest absolute Gasteiger partial charge is 0.321 e. The van der Waals surface area contributed by atoms with Crippen LogP contribution in [0.3, 0.4) is 0 Å².